The smallest absolute Gasteiger partial charge is 0.0491 e. The second-order valence-corrected chi connectivity index (χ2v) is 6.20. The lowest BCUT2D eigenvalue weighted by atomic mass is 10.0. The molecule has 3 aromatic carbocycles. The number of aryl methyl sites for hydroxylation is 1. The van der Waals surface area contributed by atoms with E-state index in [2.05, 4.69) is 96.4 Å². The first-order chi connectivity index (χ1) is 11.8. The zero-order chi connectivity index (χ0) is 16.4. The van der Waals surface area contributed by atoms with E-state index in [-0.39, 0.29) is 0 Å². The third-order valence-electron chi connectivity index (χ3n) is 4.64. The molecule has 0 spiro atoms. The second kappa shape index (κ2) is 6.37. The number of hydrogen-bond acceptors (Lipinski definition) is 0. The minimum atomic E-state index is 0.922. The minimum absolute atomic E-state index is 0.922. The Morgan fingerprint density at radius 2 is 1.42 bits per heavy atom. The maximum atomic E-state index is 2.46. The molecule has 0 unspecified atom stereocenters. The van der Waals surface area contributed by atoms with Crippen molar-refractivity contribution in [3.8, 4) is 11.1 Å². The highest BCUT2D eigenvalue weighted by molar-refractivity contribution is 5.86. The Morgan fingerprint density at radius 1 is 0.708 bits per heavy atom. The molecule has 0 N–H and O–H groups in total. The van der Waals surface area contributed by atoms with Crippen LogP contribution in [0.4, 0.5) is 0 Å². The fraction of sp³-hybridized carbons (Fsp3) is 0.130. The quantitative estimate of drug-likeness (QED) is 0.441. The van der Waals surface area contributed by atoms with Gasteiger partial charge in [-0.25, -0.2) is 0 Å². The molecule has 0 radical (unpaired) electrons. The second-order valence-electron chi connectivity index (χ2n) is 6.20. The van der Waals surface area contributed by atoms with Gasteiger partial charge in [0.25, 0.3) is 0 Å². The molecule has 0 fully saturated rings. The van der Waals surface area contributed by atoms with E-state index in [0.29, 0.717) is 0 Å². The van der Waals surface area contributed by atoms with Gasteiger partial charge in [-0.05, 0) is 40.6 Å². The van der Waals surface area contributed by atoms with E-state index in [0.717, 1.165) is 13.0 Å². The third-order valence-corrected chi connectivity index (χ3v) is 4.64. The summed E-state index contributed by atoms with van der Waals surface area (Å²) in [5.41, 5.74) is 6.59. The molecular formula is C23H21N. The number of hydrogen-bond donors (Lipinski definition) is 0. The topological polar surface area (TPSA) is 4.93 Å². The van der Waals surface area contributed by atoms with Crippen LogP contribution in [-0.2, 0) is 13.0 Å². The summed E-state index contributed by atoms with van der Waals surface area (Å²) in [4.78, 5) is 0. The molecule has 1 heterocycles. The van der Waals surface area contributed by atoms with Gasteiger partial charge in [-0.15, -0.1) is 0 Å². The summed E-state index contributed by atoms with van der Waals surface area (Å²) in [7, 11) is 0. The molecule has 118 valence electrons. The van der Waals surface area contributed by atoms with Crippen LogP contribution in [0, 0.1) is 0 Å². The first-order valence-corrected chi connectivity index (χ1v) is 8.56. The van der Waals surface area contributed by atoms with Crippen molar-refractivity contribution in [3.63, 3.8) is 0 Å². The van der Waals surface area contributed by atoms with Gasteiger partial charge in [0.15, 0.2) is 0 Å². The highest BCUT2D eigenvalue weighted by atomic mass is 15.0. The minimum Gasteiger partial charge on any atom is -0.340 e. The summed E-state index contributed by atoms with van der Waals surface area (Å²) < 4.78 is 2.46. The zero-order valence-corrected chi connectivity index (χ0v) is 13.9. The number of benzene rings is 3. The van der Waals surface area contributed by atoms with Gasteiger partial charge in [-0.1, -0.05) is 79.7 Å². The van der Waals surface area contributed by atoms with Crippen LogP contribution in [0.5, 0.6) is 0 Å². The molecule has 0 amide bonds. The Morgan fingerprint density at radius 3 is 2.12 bits per heavy atom. The molecule has 0 aliphatic rings. The van der Waals surface area contributed by atoms with E-state index in [4.69, 9.17) is 0 Å². The Hall–Kier alpha value is -2.80. The number of aromatic nitrogens is 1. The lowest BCUT2D eigenvalue weighted by molar-refractivity contribution is 0.776. The lowest BCUT2D eigenvalue weighted by Gasteiger charge is -2.11. The van der Waals surface area contributed by atoms with Gasteiger partial charge in [0.05, 0.1) is 0 Å². The Balaban J connectivity index is 1.84. The van der Waals surface area contributed by atoms with Crippen molar-refractivity contribution in [1.29, 1.82) is 0 Å². The van der Waals surface area contributed by atoms with Crippen molar-refractivity contribution in [3.05, 3.63) is 96.2 Å². The maximum Gasteiger partial charge on any atom is 0.0491 e. The van der Waals surface area contributed by atoms with Crippen LogP contribution >= 0.6 is 0 Å². The molecule has 0 saturated heterocycles. The SMILES string of the molecule is CCc1cc2ccc(-c3ccccc3)cc2n1Cc1ccccc1. The van der Waals surface area contributed by atoms with Gasteiger partial charge in [0.1, 0.15) is 0 Å². The molecule has 0 aliphatic carbocycles. The van der Waals surface area contributed by atoms with Crippen LogP contribution < -0.4 is 0 Å². The Labute approximate surface area is 143 Å². The van der Waals surface area contributed by atoms with E-state index in [1.807, 2.05) is 0 Å². The van der Waals surface area contributed by atoms with Crippen molar-refractivity contribution in [2.75, 3.05) is 0 Å². The fourth-order valence-corrected chi connectivity index (χ4v) is 3.37. The molecular weight excluding hydrogens is 290 g/mol. The van der Waals surface area contributed by atoms with Crippen molar-refractivity contribution in [1.82, 2.24) is 4.57 Å². The zero-order valence-electron chi connectivity index (χ0n) is 13.9. The van der Waals surface area contributed by atoms with Gasteiger partial charge in [-0.3, -0.25) is 0 Å². The summed E-state index contributed by atoms with van der Waals surface area (Å²) in [5.74, 6) is 0. The van der Waals surface area contributed by atoms with Crippen molar-refractivity contribution < 1.29 is 0 Å². The summed E-state index contributed by atoms with van der Waals surface area (Å²) in [6.07, 6.45) is 1.04. The largest absolute Gasteiger partial charge is 0.340 e. The summed E-state index contributed by atoms with van der Waals surface area (Å²) in [5, 5.41) is 1.32. The Bertz CT molecular complexity index is 949. The molecule has 0 saturated carbocycles. The van der Waals surface area contributed by atoms with Gasteiger partial charge in [0.2, 0.25) is 0 Å². The molecule has 24 heavy (non-hydrogen) atoms. The van der Waals surface area contributed by atoms with E-state index in [1.165, 1.54) is 33.3 Å². The average molecular weight is 311 g/mol. The highest BCUT2D eigenvalue weighted by Crippen LogP contribution is 2.28. The van der Waals surface area contributed by atoms with Crippen LogP contribution in [0.3, 0.4) is 0 Å². The Kier molecular flexibility index (Phi) is 3.92. The van der Waals surface area contributed by atoms with E-state index < -0.39 is 0 Å². The van der Waals surface area contributed by atoms with Crippen molar-refractivity contribution in [2.24, 2.45) is 0 Å². The number of nitrogens with zero attached hydrogens (tertiary/aromatic N) is 1. The highest BCUT2D eigenvalue weighted by Gasteiger charge is 2.09. The van der Waals surface area contributed by atoms with Gasteiger partial charge in [0, 0.05) is 17.8 Å². The van der Waals surface area contributed by atoms with Crippen LogP contribution in [0.25, 0.3) is 22.0 Å². The molecule has 1 nitrogen and oxygen atoms in total. The maximum absolute atomic E-state index is 2.46. The van der Waals surface area contributed by atoms with Gasteiger partial charge < -0.3 is 4.57 Å². The monoisotopic (exact) mass is 311 g/mol. The lowest BCUT2D eigenvalue weighted by Crippen LogP contribution is -2.03. The van der Waals surface area contributed by atoms with E-state index >= 15 is 0 Å². The van der Waals surface area contributed by atoms with Crippen LogP contribution in [0.2, 0.25) is 0 Å². The third kappa shape index (κ3) is 2.74. The molecule has 4 rings (SSSR count). The first kappa shape index (κ1) is 14.8. The van der Waals surface area contributed by atoms with E-state index in [9.17, 15) is 0 Å². The average Bonchev–Trinajstić information content (AvgIpc) is 3.00. The predicted molar refractivity (Wildman–Crippen MR) is 102 cm³/mol. The molecule has 0 aliphatic heterocycles. The van der Waals surface area contributed by atoms with Crippen LogP contribution in [0.15, 0.2) is 84.9 Å². The molecule has 0 atom stereocenters. The first-order valence-electron chi connectivity index (χ1n) is 8.56. The predicted octanol–water partition coefficient (Wildman–Crippen LogP) is 5.92. The van der Waals surface area contributed by atoms with Crippen molar-refractivity contribution >= 4 is 10.9 Å². The number of rotatable bonds is 4. The fourth-order valence-electron chi connectivity index (χ4n) is 3.37. The van der Waals surface area contributed by atoms with Crippen LogP contribution in [0.1, 0.15) is 18.2 Å². The molecule has 0 bridgehead atoms. The summed E-state index contributed by atoms with van der Waals surface area (Å²) >= 11 is 0. The molecule has 1 heteroatoms. The summed E-state index contributed by atoms with van der Waals surface area (Å²) in [6.45, 7) is 3.15. The normalized spacial score (nSPS) is 11.0. The van der Waals surface area contributed by atoms with E-state index in [1.54, 1.807) is 0 Å². The standard InChI is InChI=1S/C23H21N/c1-2-22-15-21-14-13-20(19-11-7-4-8-12-19)16-23(21)24(22)17-18-9-5-3-6-10-18/h3-16H,2,17H2,1H3. The summed E-state index contributed by atoms with van der Waals surface area (Å²) in [6, 6.07) is 30.4. The molecule has 1 aromatic heterocycles. The number of fused-ring (bicyclic) bond motifs is 1. The van der Waals surface area contributed by atoms with Crippen LogP contribution in [-0.4, -0.2) is 4.57 Å². The van der Waals surface area contributed by atoms with Gasteiger partial charge in [-0.2, -0.15) is 0 Å². The molecule has 4 aromatic rings. The van der Waals surface area contributed by atoms with Gasteiger partial charge >= 0.3 is 0 Å². The van der Waals surface area contributed by atoms with Crippen molar-refractivity contribution in [2.45, 2.75) is 19.9 Å².